The molecular weight excluding hydrogens is 356 g/mol. The second kappa shape index (κ2) is 7.31. The van der Waals surface area contributed by atoms with Crippen molar-refractivity contribution in [2.24, 2.45) is 5.73 Å². The highest BCUT2D eigenvalue weighted by Crippen LogP contribution is 2.29. The number of nitrogens with two attached hydrogens (primary N) is 2. The summed E-state index contributed by atoms with van der Waals surface area (Å²) in [5, 5.41) is 10.9. The lowest BCUT2D eigenvalue weighted by Crippen LogP contribution is -2.21. The van der Waals surface area contributed by atoms with Gasteiger partial charge < -0.3 is 16.8 Å². The Hall–Kier alpha value is -4.01. The number of rotatable bonds is 6. The summed E-state index contributed by atoms with van der Waals surface area (Å²) in [4.78, 5) is 24.4. The van der Waals surface area contributed by atoms with E-state index in [1.807, 2.05) is 30.3 Å². The predicted octanol–water partition coefficient (Wildman–Crippen LogP) is 2.03. The highest BCUT2D eigenvalue weighted by atomic mass is 16.1. The molecule has 3 aromatic heterocycles. The van der Waals surface area contributed by atoms with Crippen LogP contribution in [0.2, 0.25) is 0 Å². The summed E-state index contributed by atoms with van der Waals surface area (Å²) >= 11 is 0. The molecule has 0 saturated carbocycles. The Morgan fingerprint density at radius 1 is 1.18 bits per heavy atom. The zero-order valence-corrected chi connectivity index (χ0v) is 14.8. The van der Waals surface area contributed by atoms with Crippen LogP contribution in [0.25, 0.3) is 22.2 Å². The maximum atomic E-state index is 11.6. The molecule has 9 nitrogen and oxygen atoms in total. The largest absolute Gasteiger partial charge is 0.370 e. The van der Waals surface area contributed by atoms with Gasteiger partial charge in [-0.05, 0) is 29.8 Å². The number of H-pyrrole nitrogens is 1. The number of nitrogen functional groups attached to an aromatic ring is 1. The van der Waals surface area contributed by atoms with Gasteiger partial charge in [0, 0.05) is 29.5 Å². The van der Waals surface area contributed by atoms with Crippen LogP contribution >= 0.6 is 0 Å². The van der Waals surface area contributed by atoms with Gasteiger partial charge in [0.05, 0.1) is 23.7 Å². The molecule has 0 aliphatic rings. The smallest absolute Gasteiger partial charge is 0.222 e. The highest BCUT2D eigenvalue weighted by molar-refractivity contribution is 5.93. The first-order chi connectivity index (χ1) is 13.6. The van der Waals surface area contributed by atoms with E-state index in [4.69, 9.17) is 11.5 Å². The van der Waals surface area contributed by atoms with Crippen molar-refractivity contribution < 1.29 is 4.79 Å². The number of benzene rings is 1. The van der Waals surface area contributed by atoms with Gasteiger partial charge in [-0.1, -0.05) is 12.1 Å². The van der Waals surface area contributed by atoms with Gasteiger partial charge >= 0.3 is 0 Å². The number of aromatic amines is 1. The standard InChI is InChI=1S/C19H18N8O/c20-17(28)9-15(12-2-1-6-22-10-12)24-18-13-4-3-11(14-5-7-23-27-14)8-16(13)25-19(21)26-18/h1-8,10,15H,9H2,(H2,20,28)(H,23,27)(H3,21,24,25,26). The molecule has 4 rings (SSSR count). The van der Waals surface area contributed by atoms with Crippen LogP contribution in [-0.2, 0) is 4.79 Å². The lowest BCUT2D eigenvalue weighted by Gasteiger charge is -2.19. The second-order valence-electron chi connectivity index (χ2n) is 6.29. The summed E-state index contributed by atoms with van der Waals surface area (Å²) in [6.45, 7) is 0. The molecule has 140 valence electrons. The minimum absolute atomic E-state index is 0.0866. The minimum atomic E-state index is -0.436. The molecule has 1 unspecified atom stereocenters. The van der Waals surface area contributed by atoms with Crippen molar-refractivity contribution in [3.05, 3.63) is 60.6 Å². The van der Waals surface area contributed by atoms with Crippen molar-refractivity contribution in [2.45, 2.75) is 12.5 Å². The van der Waals surface area contributed by atoms with Crippen LogP contribution in [0, 0.1) is 0 Å². The van der Waals surface area contributed by atoms with Gasteiger partial charge in [0.1, 0.15) is 5.82 Å². The molecular formula is C19H18N8O. The van der Waals surface area contributed by atoms with Gasteiger partial charge in [-0.2, -0.15) is 10.1 Å². The first-order valence-electron chi connectivity index (χ1n) is 8.62. The van der Waals surface area contributed by atoms with Crippen molar-refractivity contribution in [1.82, 2.24) is 25.1 Å². The Kier molecular flexibility index (Phi) is 4.55. The van der Waals surface area contributed by atoms with E-state index in [0.29, 0.717) is 11.3 Å². The molecule has 6 N–H and O–H groups in total. The number of aromatic nitrogens is 5. The Bertz CT molecular complexity index is 1110. The van der Waals surface area contributed by atoms with E-state index in [-0.39, 0.29) is 12.4 Å². The lowest BCUT2D eigenvalue weighted by atomic mass is 10.0. The Morgan fingerprint density at radius 2 is 2.07 bits per heavy atom. The van der Waals surface area contributed by atoms with E-state index < -0.39 is 11.9 Å². The van der Waals surface area contributed by atoms with E-state index >= 15 is 0 Å². The molecule has 3 heterocycles. The van der Waals surface area contributed by atoms with E-state index in [9.17, 15) is 4.79 Å². The van der Waals surface area contributed by atoms with Gasteiger partial charge in [-0.15, -0.1) is 0 Å². The fraction of sp³-hybridized carbons (Fsp3) is 0.105. The van der Waals surface area contributed by atoms with Crippen molar-refractivity contribution >= 4 is 28.6 Å². The molecule has 0 saturated heterocycles. The third-order valence-electron chi connectivity index (χ3n) is 4.33. The molecule has 0 fully saturated rings. The lowest BCUT2D eigenvalue weighted by molar-refractivity contribution is -0.118. The quantitative estimate of drug-likeness (QED) is 0.403. The van der Waals surface area contributed by atoms with Crippen LogP contribution in [-0.4, -0.2) is 31.1 Å². The number of primary amides is 1. The SMILES string of the molecule is NC(=O)CC(Nc1nc(N)nc2cc(-c3ccn[nH]3)ccc12)c1cccnc1. The number of amides is 1. The third-order valence-corrected chi connectivity index (χ3v) is 4.33. The number of pyridine rings is 1. The Morgan fingerprint density at radius 3 is 2.79 bits per heavy atom. The molecule has 0 radical (unpaired) electrons. The molecule has 1 atom stereocenters. The summed E-state index contributed by atoms with van der Waals surface area (Å²) in [5.41, 5.74) is 14.6. The van der Waals surface area contributed by atoms with Crippen LogP contribution in [0.4, 0.5) is 11.8 Å². The van der Waals surface area contributed by atoms with Crippen molar-refractivity contribution in [3.63, 3.8) is 0 Å². The normalized spacial score (nSPS) is 12.0. The van der Waals surface area contributed by atoms with E-state index in [1.54, 1.807) is 24.7 Å². The van der Waals surface area contributed by atoms with E-state index in [1.165, 1.54) is 0 Å². The number of nitrogens with zero attached hydrogens (tertiary/aromatic N) is 4. The van der Waals surface area contributed by atoms with Crippen LogP contribution in [0.15, 0.2) is 55.0 Å². The van der Waals surface area contributed by atoms with E-state index in [0.717, 1.165) is 22.2 Å². The fourth-order valence-corrected chi connectivity index (χ4v) is 3.04. The fourth-order valence-electron chi connectivity index (χ4n) is 3.04. The van der Waals surface area contributed by atoms with Crippen LogP contribution in [0.1, 0.15) is 18.0 Å². The third kappa shape index (κ3) is 3.58. The Labute approximate surface area is 160 Å². The monoisotopic (exact) mass is 374 g/mol. The average molecular weight is 374 g/mol. The molecule has 0 spiro atoms. The number of hydrogen-bond acceptors (Lipinski definition) is 7. The topological polar surface area (TPSA) is 148 Å². The molecule has 0 aliphatic carbocycles. The van der Waals surface area contributed by atoms with Gasteiger partial charge in [0.15, 0.2) is 0 Å². The van der Waals surface area contributed by atoms with Gasteiger partial charge in [-0.3, -0.25) is 14.9 Å². The summed E-state index contributed by atoms with van der Waals surface area (Å²) in [5.74, 6) is 0.212. The molecule has 4 aromatic rings. The summed E-state index contributed by atoms with van der Waals surface area (Å²) in [6.07, 6.45) is 5.12. The van der Waals surface area contributed by atoms with Crippen LogP contribution < -0.4 is 16.8 Å². The number of hydrogen-bond donors (Lipinski definition) is 4. The number of anilines is 2. The minimum Gasteiger partial charge on any atom is -0.370 e. The van der Waals surface area contributed by atoms with Gasteiger partial charge in [0.25, 0.3) is 0 Å². The summed E-state index contributed by atoms with van der Waals surface area (Å²) in [7, 11) is 0. The highest BCUT2D eigenvalue weighted by Gasteiger charge is 2.18. The summed E-state index contributed by atoms with van der Waals surface area (Å²) in [6, 6.07) is 10.9. The zero-order chi connectivity index (χ0) is 19.5. The maximum absolute atomic E-state index is 11.6. The average Bonchev–Trinajstić information content (AvgIpc) is 3.22. The molecule has 9 heteroatoms. The second-order valence-corrected chi connectivity index (χ2v) is 6.29. The van der Waals surface area contributed by atoms with Crippen LogP contribution in [0.3, 0.4) is 0 Å². The molecule has 0 bridgehead atoms. The molecule has 1 amide bonds. The first-order valence-corrected chi connectivity index (χ1v) is 8.62. The molecule has 28 heavy (non-hydrogen) atoms. The predicted molar refractivity (Wildman–Crippen MR) is 106 cm³/mol. The van der Waals surface area contributed by atoms with Crippen molar-refractivity contribution in [2.75, 3.05) is 11.1 Å². The van der Waals surface area contributed by atoms with Crippen molar-refractivity contribution in [3.8, 4) is 11.3 Å². The number of fused-ring (bicyclic) bond motifs is 1. The summed E-state index contributed by atoms with van der Waals surface area (Å²) < 4.78 is 0. The van der Waals surface area contributed by atoms with Crippen molar-refractivity contribution in [1.29, 1.82) is 0 Å². The van der Waals surface area contributed by atoms with Gasteiger partial charge in [0.2, 0.25) is 11.9 Å². The zero-order valence-electron chi connectivity index (χ0n) is 14.8. The van der Waals surface area contributed by atoms with Gasteiger partial charge in [-0.25, -0.2) is 4.98 Å². The number of carbonyl (C=O) groups is 1. The maximum Gasteiger partial charge on any atom is 0.222 e. The molecule has 1 aromatic carbocycles. The Balaban J connectivity index is 1.75. The number of carbonyl (C=O) groups excluding carboxylic acids is 1. The van der Waals surface area contributed by atoms with Crippen LogP contribution in [0.5, 0.6) is 0 Å². The molecule has 0 aliphatic heterocycles. The first kappa shape index (κ1) is 17.4. The van der Waals surface area contributed by atoms with E-state index in [2.05, 4.69) is 30.5 Å². The number of nitrogens with one attached hydrogen (secondary N) is 2.